The summed E-state index contributed by atoms with van der Waals surface area (Å²) in [5.41, 5.74) is 7.56. The van der Waals surface area contributed by atoms with Crippen molar-refractivity contribution in [3.05, 3.63) is 83.5 Å². The third kappa shape index (κ3) is 2.37. The molecular formula is C20H12FN3. The quantitative estimate of drug-likeness (QED) is 0.524. The SMILES string of the molecule is [C-]#[N+]c1c(F)c(-c2ccccc2)c(N)c(C#N)c1-c1ccccc1. The minimum Gasteiger partial charge on any atom is -0.397 e. The number of rotatable bonds is 2. The van der Waals surface area contributed by atoms with E-state index in [9.17, 15) is 5.26 Å². The highest BCUT2D eigenvalue weighted by Crippen LogP contribution is 2.45. The second kappa shape index (κ2) is 6.24. The van der Waals surface area contributed by atoms with Crippen molar-refractivity contribution in [2.75, 3.05) is 5.73 Å². The second-order valence-electron chi connectivity index (χ2n) is 5.16. The summed E-state index contributed by atoms with van der Waals surface area (Å²) in [7, 11) is 0. The summed E-state index contributed by atoms with van der Waals surface area (Å²) < 4.78 is 15.1. The number of nitriles is 1. The number of halogens is 1. The zero-order valence-electron chi connectivity index (χ0n) is 12.6. The van der Waals surface area contributed by atoms with Crippen molar-refractivity contribution in [3.8, 4) is 28.3 Å². The van der Waals surface area contributed by atoms with Crippen LogP contribution in [0.5, 0.6) is 0 Å². The lowest BCUT2D eigenvalue weighted by molar-refractivity contribution is 0.638. The van der Waals surface area contributed by atoms with Crippen LogP contribution in [-0.4, -0.2) is 0 Å². The molecule has 0 unspecified atom stereocenters. The summed E-state index contributed by atoms with van der Waals surface area (Å²) in [6.07, 6.45) is 0. The molecule has 24 heavy (non-hydrogen) atoms. The molecule has 0 aliphatic carbocycles. The van der Waals surface area contributed by atoms with Crippen LogP contribution in [0.2, 0.25) is 0 Å². The normalized spacial score (nSPS) is 9.96. The molecule has 0 bridgehead atoms. The molecule has 3 rings (SSSR count). The fraction of sp³-hybridized carbons (Fsp3) is 0. The highest BCUT2D eigenvalue weighted by Gasteiger charge is 2.24. The van der Waals surface area contributed by atoms with Crippen molar-refractivity contribution in [1.29, 1.82) is 5.26 Å². The molecule has 0 amide bonds. The Morgan fingerprint density at radius 1 is 0.917 bits per heavy atom. The van der Waals surface area contributed by atoms with Gasteiger partial charge in [-0.05, 0) is 11.1 Å². The van der Waals surface area contributed by atoms with E-state index < -0.39 is 5.82 Å². The molecule has 2 N–H and O–H groups in total. The van der Waals surface area contributed by atoms with Gasteiger partial charge in [0.15, 0.2) is 0 Å². The average molecular weight is 313 g/mol. The van der Waals surface area contributed by atoms with Gasteiger partial charge in [0.25, 0.3) is 0 Å². The van der Waals surface area contributed by atoms with Crippen molar-refractivity contribution < 1.29 is 4.39 Å². The van der Waals surface area contributed by atoms with E-state index >= 15 is 4.39 Å². The van der Waals surface area contributed by atoms with E-state index in [1.54, 1.807) is 54.6 Å². The predicted molar refractivity (Wildman–Crippen MR) is 92.7 cm³/mol. The van der Waals surface area contributed by atoms with Gasteiger partial charge < -0.3 is 5.73 Å². The number of benzene rings is 3. The molecule has 0 aliphatic rings. The van der Waals surface area contributed by atoms with Gasteiger partial charge in [-0.3, -0.25) is 0 Å². The lowest BCUT2D eigenvalue weighted by Gasteiger charge is -2.16. The third-order valence-electron chi connectivity index (χ3n) is 3.80. The molecule has 3 nitrogen and oxygen atoms in total. The molecule has 3 aromatic rings. The van der Waals surface area contributed by atoms with Crippen LogP contribution in [-0.2, 0) is 0 Å². The summed E-state index contributed by atoms with van der Waals surface area (Å²) in [6.45, 7) is 7.41. The van der Waals surface area contributed by atoms with Crippen LogP contribution >= 0.6 is 0 Å². The second-order valence-corrected chi connectivity index (χ2v) is 5.16. The van der Waals surface area contributed by atoms with Crippen LogP contribution in [0.1, 0.15) is 5.56 Å². The van der Waals surface area contributed by atoms with Crippen molar-refractivity contribution in [1.82, 2.24) is 0 Å². The van der Waals surface area contributed by atoms with Crippen LogP contribution in [0.25, 0.3) is 27.1 Å². The van der Waals surface area contributed by atoms with Gasteiger partial charge in [0.2, 0.25) is 5.69 Å². The lowest BCUT2D eigenvalue weighted by atomic mass is 9.91. The maximum absolute atomic E-state index is 15.1. The number of nitrogens with two attached hydrogens (primary N) is 1. The standard InChI is InChI=1S/C20H12FN3/c1-24-20-16(13-8-4-2-5-9-13)15(12-22)19(23)17(18(20)21)14-10-6-3-7-11-14/h2-11H,23H2. The average Bonchev–Trinajstić information content (AvgIpc) is 2.63. The zero-order valence-corrected chi connectivity index (χ0v) is 12.6. The maximum atomic E-state index is 15.1. The Bertz CT molecular complexity index is 940. The summed E-state index contributed by atoms with van der Waals surface area (Å²) in [5.74, 6) is -0.702. The van der Waals surface area contributed by atoms with E-state index in [0.717, 1.165) is 0 Å². The molecule has 114 valence electrons. The molecule has 0 fully saturated rings. The Labute approximate surface area is 139 Å². The number of anilines is 1. The van der Waals surface area contributed by atoms with Gasteiger partial charge in [0, 0.05) is 11.1 Å². The number of nitrogen functional groups attached to an aromatic ring is 1. The molecular weight excluding hydrogens is 301 g/mol. The van der Waals surface area contributed by atoms with E-state index in [1.807, 2.05) is 12.1 Å². The molecule has 0 aliphatic heterocycles. The molecule has 0 heterocycles. The first-order valence-electron chi connectivity index (χ1n) is 7.22. The fourth-order valence-corrected chi connectivity index (χ4v) is 2.72. The van der Waals surface area contributed by atoms with E-state index in [4.69, 9.17) is 12.3 Å². The smallest absolute Gasteiger partial charge is 0.231 e. The Morgan fingerprint density at radius 2 is 1.42 bits per heavy atom. The van der Waals surface area contributed by atoms with Crippen LogP contribution in [0.4, 0.5) is 15.8 Å². The minimum atomic E-state index is -0.702. The molecule has 0 spiro atoms. The van der Waals surface area contributed by atoms with Crippen molar-refractivity contribution in [2.24, 2.45) is 0 Å². The van der Waals surface area contributed by atoms with E-state index in [0.29, 0.717) is 11.1 Å². The van der Waals surface area contributed by atoms with Gasteiger partial charge in [0.1, 0.15) is 11.9 Å². The monoisotopic (exact) mass is 313 g/mol. The Morgan fingerprint density at radius 3 is 1.88 bits per heavy atom. The lowest BCUT2D eigenvalue weighted by Crippen LogP contribution is -2.01. The topological polar surface area (TPSA) is 54.2 Å². The first-order chi connectivity index (χ1) is 11.7. The van der Waals surface area contributed by atoms with Crippen molar-refractivity contribution >= 4 is 11.4 Å². The number of hydrogen-bond acceptors (Lipinski definition) is 2. The highest BCUT2D eigenvalue weighted by molar-refractivity contribution is 5.96. The molecule has 0 saturated heterocycles. The van der Waals surface area contributed by atoms with Crippen molar-refractivity contribution in [3.63, 3.8) is 0 Å². The van der Waals surface area contributed by atoms with E-state index in [2.05, 4.69) is 4.85 Å². The van der Waals surface area contributed by atoms with Gasteiger partial charge in [-0.2, -0.15) is 5.26 Å². The number of hydrogen-bond donors (Lipinski definition) is 1. The largest absolute Gasteiger partial charge is 0.397 e. The summed E-state index contributed by atoms with van der Waals surface area (Å²) in [5, 5.41) is 9.59. The molecule has 0 saturated carbocycles. The van der Waals surface area contributed by atoms with E-state index in [1.165, 1.54) is 0 Å². The fourth-order valence-electron chi connectivity index (χ4n) is 2.72. The van der Waals surface area contributed by atoms with E-state index in [-0.39, 0.29) is 28.1 Å². The van der Waals surface area contributed by atoms with Gasteiger partial charge in [-0.15, -0.1) is 0 Å². The summed E-state index contributed by atoms with van der Waals surface area (Å²) in [4.78, 5) is 3.35. The van der Waals surface area contributed by atoms with Gasteiger partial charge in [0.05, 0.1) is 17.8 Å². The van der Waals surface area contributed by atoms with Crippen molar-refractivity contribution in [2.45, 2.75) is 0 Å². The van der Waals surface area contributed by atoms with Gasteiger partial charge >= 0.3 is 0 Å². The maximum Gasteiger partial charge on any atom is 0.231 e. The van der Waals surface area contributed by atoms with Crippen LogP contribution in [0.3, 0.4) is 0 Å². The molecule has 0 radical (unpaired) electrons. The zero-order chi connectivity index (χ0) is 17.1. The molecule has 0 aromatic heterocycles. The molecule has 0 atom stereocenters. The Kier molecular flexibility index (Phi) is 3.97. The first-order valence-corrected chi connectivity index (χ1v) is 7.22. The van der Waals surface area contributed by atoms with Gasteiger partial charge in [-0.1, -0.05) is 60.7 Å². The number of nitrogens with zero attached hydrogens (tertiary/aromatic N) is 2. The molecule has 4 heteroatoms. The summed E-state index contributed by atoms with van der Waals surface area (Å²) in [6, 6.07) is 19.5. The first kappa shape index (κ1) is 15.3. The molecule has 3 aromatic carbocycles. The highest BCUT2D eigenvalue weighted by atomic mass is 19.1. The van der Waals surface area contributed by atoms with Gasteiger partial charge in [-0.25, -0.2) is 9.24 Å². The predicted octanol–water partition coefficient (Wildman–Crippen LogP) is 5.16. The van der Waals surface area contributed by atoms with Crippen LogP contribution < -0.4 is 5.73 Å². The Hall–Kier alpha value is -3.63. The van der Waals surface area contributed by atoms with Crippen LogP contribution in [0.15, 0.2) is 60.7 Å². The van der Waals surface area contributed by atoms with Crippen LogP contribution in [0, 0.1) is 23.7 Å². The Balaban J connectivity index is 2.44. The summed E-state index contributed by atoms with van der Waals surface area (Å²) >= 11 is 0. The third-order valence-corrected chi connectivity index (χ3v) is 3.80. The minimum absolute atomic E-state index is 0.0486.